The molecule has 0 saturated heterocycles. The molecule has 5 heteroatoms. The molecule has 0 bridgehead atoms. The Morgan fingerprint density at radius 3 is 2.81 bits per heavy atom. The van der Waals surface area contributed by atoms with Crippen LogP contribution in [0.15, 0.2) is 35.6 Å². The molecule has 0 unspecified atom stereocenters. The van der Waals surface area contributed by atoms with Crippen molar-refractivity contribution in [1.29, 1.82) is 5.26 Å². The number of thioether (sulfide) groups is 1. The largest absolute Gasteiger partial charge is 0.333 e. The fourth-order valence-electron chi connectivity index (χ4n) is 1.25. The highest BCUT2D eigenvalue weighted by Crippen LogP contribution is 2.21. The van der Waals surface area contributed by atoms with Crippen LogP contribution in [0.4, 0.5) is 4.39 Å². The van der Waals surface area contributed by atoms with E-state index in [4.69, 9.17) is 5.26 Å². The first-order valence-corrected chi connectivity index (χ1v) is 5.59. The van der Waals surface area contributed by atoms with Crippen molar-refractivity contribution in [3.8, 4) is 17.3 Å². The van der Waals surface area contributed by atoms with Crippen molar-refractivity contribution in [2.24, 2.45) is 0 Å². The number of nitrogens with one attached hydrogen (secondary N) is 1. The number of hydrogen-bond acceptors (Lipinski definition) is 3. The van der Waals surface area contributed by atoms with E-state index in [2.05, 4.69) is 9.97 Å². The topological polar surface area (TPSA) is 52.5 Å². The summed E-state index contributed by atoms with van der Waals surface area (Å²) >= 11 is 1.34. The smallest absolute Gasteiger partial charge is 0.166 e. The summed E-state index contributed by atoms with van der Waals surface area (Å²) in [5.74, 6) is 0.0958. The van der Waals surface area contributed by atoms with E-state index in [1.54, 1.807) is 18.3 Å². The summed E-state index contributed by atoms with van der Waals surface area (Å²) in [5.41, 5.74) is 1.69. The molecule has 2 aromatic rings. The van der Waals surface area contributed by atoms with Gasteiger partial charge in [-0.3, -0.25) is 0 Å². The SMILES string of the molecule is N#CCSc1ncc(-c2ccc(F)cc2)[nH]1. The van der Waals surface area contributed by atoms with E-state index in [9.17, 15) is 4.39 Å². The van der Waals surface area contributed by atoms with Crippen LogP contribution in [0.2, 0.25) is 0 Å². The maximum atomic E-state index is 12.7. The summed E-state index contributed by atoms with van der Waals surface area (Å²) in [6.07, 6.45) is 1.67. The number of hydrogen-bond donors (Lipinski definition) is 1. The fourth-order valence-corrected chi connectivity index (χ4v) is 1.76. The van der Waals surface area contributed by atoms with Gasteiger partial charge >= 0.3 is 0 Å². The molecule has 16 heavy (non-hydrogen) atoms. The highest BCUT2D eigenvalue weighted by Gasteiger charge is 2.03. The quantitative estimate of drug-likeness (QED) is 0.829. The lowest BCUT2D eigenvalue weighted by Crippen LogP contribution is -1.79. The lowest BCUT2D eigenvalue weighted by molar-refractivity contribution is 0.628. The first-order chi connectivity index (χ1) is 7.79. The Morgan fingerprint density at radius 2 is 2.12 bits per heavy atom. The summed E-state index contributed by atoms with van der Waals surface area (Å²) in [4.78, 5) is 7.18. The van der Waals surface area contributed by atoms with E-state index in [1.165, 1.54) is 23.9 Å². The molecule has 0 aliphatic rings. The van der Waals surface area contributed by atoms with Gasteiger partial charge in [-0.1, -0.05) is 11.8 Å². The molecule has 0 aliphatic heterocycles. The minimum absolute atomic E-state index is 0.262. The molecule has 1 aromatic heterocycles. The van der Waals surface area contributed by atoms with Gasteiger partial charge in [0.15, 0.2) is 5.16 Å². The Labute approximate surface area is 96.3 Å². The van der Waals surface area contributed by atoms with Crippen LogP contribution in [0.3, 0.4) is 0 Å². The molecule has 1 heterocycles. The van der Waals surface area contributed by atoms with Crippen LogP contribution < -0.4 is 0 Å². The van der Waals surface area contributed by atoms with Crippen molar-refractivity contribution in [1.82, 2.24) is 9.97 Å². The normalized spacial score (nSPS) is 10.0. The molecule has 1 aromatic carbocycles. The number of aromatic amines is 1. The van der Waals surface area contributed by atoms with E-state index in [-0.39, 0.29) is 5.82 Å². The molecular formula is C11H8FN3S. The van der Waals surface area contributed by atoms with Gasteiger partial charge in [-0.05, 0) is 29.8 Å². The first kappa shape index (κ1) is 10.7. The molecule has 2 rings (SSSR count). The zero-order valence-corrected chi connectivity index (χ0v) is 9.09. The van der Waals surface area contributed by atoms with Gasteiger partial charge in [-0.25, -0.2) is 9.37 Å². The van der Waals surface area contributed by atoms with E-state index in [1.807, 2.05) is 6.07 Å². The van der Waals surface area contributed by atoms with Crippen molar-refractivity contribution in [2.75, 3.05) is 5.75 Å². The third-order valence-corrected chi connectivity index (χ3v) is 2.74. The number of nitriles is 1. The van der Waals surface area contributed by atoms with Crippen LogP contribution in [-0.4, -0.2) is 15.7 Å². The Hall–Kier alpha value is -1.80. The first-order valence-electron chi connectivity index (χ1n) is 4.60. The average molecular weight is 233 g/mol. The second kappa shape index (κ2) is 4.81. The molecule has 0 aliphatic carbocycles. The molecule has 0 amide bonds. The predicted octanol–water partition coefficient (Wildman–Crippen LogP) is 2.83. The van der Waals surface area contributed by atoms with Gasteiger partial charge < -0.3 is 4.98 Å². The maximum absolute atomic E-state index is 12.7. The van der Waals surface area contributed by atoms with Crippen LogP contribution in [-0.2, 0) is 0 Å². The Bertz CT molecular complexity index is 513. The Kier molecular flexibility index (Phi) is 3.22. The third-order valence-electron chi connectivity index (χ3n) is 1.98. The minimum Gasteiger partial charge on any atom is -0.333 e. The van der Waals surface area contributed by atoms with E-state index >= 15 is 0 Å². The molecule has 0 saturated carbocycles. The molecule has 0 radical (unpaired) electrons. The molecule has 0 atom stereocenters. The third kappa shape index (κ3) is 2.41. The summed E-state index contributed by atoms with van der Waals surface area (Å²) in [6.45, 7) is 0. The summed E-state index contributed by atoms with van der Waals surface area (Å²) in [5, 5.41) is 9.12. The Balaban J connectivity index is 2.18. The lowest BCUT2D eigenvalue weighted by Gasteiger charge is -1.96. The van der Waals surface area contributed by atoms with Crippen molar-refractivity contribution in [3.63, 3.8) is 0 Å². The van der Waals surface area contributed by atoms with Gasteiger partial charge in [-0.15, -0.1) is 0 Å². The van der Waals surface area contributed by atoms with Gasteiger partial charge in [0.05, 0.1) is 23.7 Å². The van der Waals surface area contributed by atoms with Crippen molar-refractivity contribution < 1.29 is 4.39 Å². The number of aromatic nitrogens is 2. The number of benzene rings is 1. The number of imidazole rings is 1. The van der Waals surface area contributed by atoms with E-state index < -0.39 is 0 Å². The zero-order chi connectivity index (χ0) is 11.4. The van der Waals surface area contributed by atoms with E-state index in [0.29, 0.717) is 10.9 Å². The molecule has 0 spiro atoms. The van der Waals surface area contributed by atoms with E-state index in [0.717, 1.165) is 11.3 Å². The molecular weight excluding hydrogens is 225 g/mol. The zero-order valence-electron chi connectivity index (χ0n) is 8.27. The van der Waals surface area contributed by atoms with Gasteiger partial charge in [-0.2, -0.15) is 5.26 Å². The van der Waals surface area contributed by atoms with Gasteiger partial charge in [0.2, 0.25) is 0 Å². The number of H-pyrrole nitrogens is 1. The molecule has 1 N–H and O–H groups in total. The fraction of sp³-hybridized carbons (Fsp3) is 0.0909. The van der Waals surface area contributed by atoms with Gasteiger partial charge in [0.1, 0.15) is 5.82 Å². The van der Waals surface area contributed by atoms with Crippen molar-refractivity contribution >= 4 is 11.8 Å². The lowest BCUT2D eigenvalue weighted by atomic mass is 10.2. The summed E-state index contributed by atoms with van der Waals surface area (Å²) in [7, 11) is 0. The Morgan fingerprint density at radius 1 is 1.38 bits per heavy atom. The van der Waals surface area contributed by atoms with Crippen LogP contribution in [0.25, 0.3) is 11.3 Å². The minimum atomic E-state index is -0.262. The van der Waals surface area contributed by atoms with Crippen molar-refractivity contribution in [3.05, 3.63) is 36.3 Å². The molecule has 3 nitrogen and oxygen atoms in total. The van der Waals surface area contributed by atoms with Crippen LogP contribution in [0.5, 0.6) is 0 Å². The van der Waals surface area contributed by atoms with Crippen LogP contribution >= 0.6 is 11.8 Å². The highest BCUT2D eigenvalue weighted by atomic mass is 32.2. The molecule has 0 fully saturated rings. The van der Waals surface area contributed by atoms with Crippen molar-refractivity contribution in [2.45, 2.75) is 5.16 Å². The number of rotatable bonds is 3. The second-order valence-corrected chi connectivity index (χ2v) is 4.02. The summed E-state index contributed by atoms with van der Waals surface area (Å²) in [6, 6.07) is 8.19. The van der Waals surface area contributed by atoms with Gasteiger partial charge in [0.25, 0.3) is 0 Å². The number of nitrogens with zero attached hydrogens (tertiary/aromatic N) is 2. The standard InChI is InChI=1S/C11H8FN3S/c12-9-3-1-8(2-4-9)10-7-14-11(15-10)16-6-5-13/h1-4,7H,6H2,(H,14,15). The predicted molar refractivity (Wildman–Crippen MR) is 60.3 cm³/mol. The maximum Gasteiger partial charge on any atom is 0.166 e. The van der Waals surface area contributed by atoms with Crippen LogP contribution in [0, 0.1) is 17.1 Å². The van der Waals surface area contributed by atoms with Crippen LogP contribution in [0.1, 0.15) is 0 Å². The monoisotopic (exact) mass is 233 g/mol. The highest BCUT2D eigenvalue weighted by molar-refractivity contribution is 7.99. The van der Waals surface area contributed by atoms with Gasteiger partial charge in [0, 0.05) is 0 Å². The second-order valence-electron chi connectivity index (χ2n) is 3.06. The summed E-state index contributed by atoms with van der Waals surface area (Å²) < 4.78 is 12.7. The number of halogens is 1. The molecule has 80 valence electrons. The average Bonchev–Trinajstić information content (AvgIpc) is 2.76.